The van der Waals surface area contributed by atoms with E-state index in [0.717, 1.165) is 6.07 Å². The number of hydrogen-bond donors (Lipinski definition) is 1. The molecule has 0 amide bonds. The predicted molar refractivity (Wildman–Crippen MR) is 29.2 cm³/mol. The summed E-state index contributed by atoms with van der Waals surface area (Å²) in [4.78, 5) is 0. The maximum Gasteiger partial charge on any atom is 0.453 e. The number of nitriles is 1. The molecule has 0 saturated heterocycles. The minimum atomic E-state index is -5.64. The smallest absolute Gasteiger partial charge is 0.316 e. The summed E-state index contributed by atoms with van der Waals surface area (Å²) in [6.07, 6.45) is -7.34. The Morgan fingerprint density at radius 3 is 1.92 bits per heavy atom. The van der Waals surface area contributed by atoms with Gasteiger partial charge in [0.05, 0.1) is 12.1 Å². The Morgan fingerprint density at radius 1 is 1.25 bits per heavy atom. The van der Waals surface area contributed by atoms with Crippen LogP contribution in [0.5, 0.6) is 0 Å². The lowest BCUT2D eigenvalue weighted by molar-refractivity contribution is -0.284. The third-order valence-electron chi connectivity index (χ3n) is 1.06. The van der Waals surface area contributed by atoms with Crippen LogP contribution in [0, 0.1) is 11.3 Å². The van der Waals surface area contributed by atoms with Crippen molar-refractivity contribution in [1.82, 2.24) is 0 Å². The summed E-state index contributed by atoms with van der Waals surface area (Å²) in [5, 5.41) is 7.89. The van der Waals surface area contributed by atoms with Crippen LogP contribution >= 0.6 is 0 Å². The van der Waals surface area contributed by atoms with Gasteiger partial charge in [-0.2, -0.15) is 27.2 Å². The number of nitrogens with two attached hydrogens (primary N) is 1. The van der Waals surface area contributed by atoms with Gasteiger partial charge in [-0.25, -0.2) is 0 Å². The van der Waals surface area contributed by atoms with Crippen LogP contribution in [0.1, 0.15) is 6.42 Å². The molecule has 70 valence electrons. The zero-order chi connectivity index (χ0) is 9.99. The van der Waals surface area contributed by atoms with Gasteiger partial charge in [0.1, 0.15) is 0 Å². The van der Waals surface area contributed by atoms with Crippen molar-refractivity contribution in [1.29, 1.82) is 5.26 Å². The Bertz CT molecular complexity index is 191. The van der Waals surface area contributed by atoms with E-state index in [-0.39, 0.29) is 0 Å². The summed E-state index contributed by atoms with van der Waals surface area (Å²) < 4.78 is 58.3. The van der Waals surface area contributed by atoms with Crippen LogP contribution in [0.25, 0.3) is 0 Å². The fourth-order valence-corrected chi connectivity index (χ4v) is 0.438. The van der Waals surface area contributed by atoms with Crippen molar-refractivity contribution in [3.05, 3.63) is 0 Å². The number of hydrogen-bond acceptors (Lipinski definition) is 2. The molecular formula is C5H5F5N2. The number of alkyl halides is 5. The summed E-state index contributed by atoms with van der Waals surface area (Å²) in [7, 11) is 0. The van der Waals surface area contributed by atoms with Gasteiger partial charge in [-0.15, -0.1) is 0 Å². The van der Waals surface area contributed by atoms with Crippen LogP contribution in [0.2, 0.25) is 0 Å². The first-order valence-corrected chi connectivity index (χ1v) is 2.80. The van der Waals surface area contributed by atoms with Gasteiger partial charge < -0.3 is 5.73 Å². The Balaban J connectivity index is 4.35. The molecule has 0 saturated carbocycles. The fraction of sp³-hybridized carbons (Fsp3) is 0.800. The van der Waals surface area contributed by atoms with E-state index in [9.17, 15) is 22.0 Å². The van der Waals surface area contributed by atoms with Gasteiger partial charge in [0, 0.05) is 6.42 Å². The van der Waals surface area contributed by atoms with E-state index in [0.29, 0.717) is 0 Å². The number of rotatable bonds is 2. The molecule has 0 aliphatic rings. The third kappa shape index (κ3) is 2.62. The van der Waals surface area contributed by atoms with Crippen molar-refractivity contribution in [3.63, 3.8) is 0 Å². The molecule has 0 heterocycles. The SMILES string of the molecule is N#CC(N)CC(F)(F)C(F)(F)F. The standard InChI is InChI=1S/C5H5F5N2/c6-4(7,5(8,9)10)1-3(12)2-11/h3H,1,12H2. The second kappa shape index (κ2) is 3.23. The molecule has 0 rings (SSSR count). The topological polar surface area (TPSA) is 49.8 Å². The van der Waals surface area contributed by atoms with Crippen LogP contribution in [0.3, 0.4) is 0 Å². The van der Waals surface area contributed by atoms with Gasteiger partial charge in [0.25, 0.3) is 0 Å². The van der Waals surface area contributed by atoms with E-state index >= 15 is 0 Å². The maximum absolute atomic E-state index is 12.0. The normalized spacial score (nSPS) is 15.4. The lowest BCUT2D eigenvalue weighted by atomic mass is 10.1. The molecule has 2 nitrogen and oxygen atoms in total. The van der Waals surface area contributed by atoms with Gasteiger partial charge >= 0.3 is 12.1 Å². The molecule has 1 atom stereocenters. The van der Waals surface area contributed by atoms with Crippen LogP contribution < -0.4 is 5.73 Å². The van der Waals surface area contributed by atoms with Gasteiger partial charge in [-0.1, -0.05) is 0 Å². The molecule has 0 aromatic rings. The molecule has 0 bridgehead atoms. The quantitative estimate of drug-likeness (QED) is 0.666. The Hall–Kier alpha value is -0.900. The zero-order valence-electron chi connectivity index (χ0n) is 5.70. The average molecular weight is 188 g/mol. The number of halogens is 5. The fourth-order valence-electron chi connectivity index (χ4n) is 0.438. The monoisotopic (exact) mass is 188 g/mol. The highest BCUT2D eigenvalue weighted by Crippen LogP contribution is 2.38. The summed E-state index contributed by atoms with van der Waals surface area (Å²) in [5.41, 5.74) is 4.61. The van der Waals surface area contributed by atoms with Crippen LogP contribution in [0.4, 0.5) is 22.0 Å². The van der Waals surface area contributed by atoms with Crippen molar-refractivity contribution in [2.75, 3.05) is 0 Å². The number of nitrogens with zero attached hydrogens (tertiary/aromatic N) is 1. The van der Waals surface area contributed by atoms with Crippen molar-refractivity contribution < 1.29 is 22.0 Å². The first kappa shape index (κ1) is 11.1. The zero-order valence-corrected chi connectivity index (χ0v) is 5.70. The van der Waals surface area contributed by atoms with Gasteiger partial charge in [-0.3, -0.25) is 0 Å². The van der Waals surface area contributed by atoms with Gasteiger partial charge in [-0.05, 0) is 0 Å². The van der Waals surface area contributed by atoms with Crippen LogP contribution in [-0.4, -0.2) is 18.1 Å². The van der Waals surface area contributed by atoms with E-state index in [1.165, 1.54) is 0 Å². The van der Waals surface area contributed by atoms with Crippen LogP contribution in [-0.2, 0) is 0 Å². The lowest BCUT2D eigenvalue weighted by Crippen LogP contribution is -2.41. The first-order valence-electron chi connectivity index (χ1n) is 2.80. The molecule has 12 heavy (non-hydrogen) atoms. The van der Waals surface area contributed by atoms with Gasteiger partial charge in [0.2, 0.25) is 0 Å². The summed E-state index contributed by atoms with van der Waals surface area (Å²) >= 11 is 0. The summed E-state index contributed by atoms with van der Waals surface area (Å²) in [6.45, 7) is 0. The summed E-state index contributed by atoms with van der Waals surface area (Å²) in [6, 6.07) is -0.713. The summed E-state index contributed by atoms with van der Waals surface area (Å²) in [5.74, 6) is -4.89. The highest BCUT2D eigenvalue weighted by atomic mass is 19.4. The van der Waals surface area contributed by atoms with E-state index in [1.54, 1.807) is 0 Å². The van der Waals surface area contributed by atoms with Crippen molar-refractivity contribution in [2.45, 2.75) is 24.6 Å². The Morgan fingerprint density at radius 2 is 1.67 bits per heavy atom. The first-order chi connectivity index (χ1) is 5.20. The van der Waals surface area contributed by atoms with Crippen molar-refractivity contribution in [2.24, 2.45) is 5.73 Å². The maximum atomic E-state index is 12.0. The molecule has 2 N–H and O–H groups in total. The van der Waals surface area contributed by atoms with E-state index in [1.807, 2.05) is 0 Å². The van der Waals surface area contributed by atoms with E-state index in [4.69, 9.17) is 5.26 Å². The van der Waals surface area contributed by atoms with Crippen molar-refractivity contribution >= 4 is 0 Å². The highest BCUT2D eigenvalue weighted by molar-refractivity contribution is 4.92. The molecule has 0 radical (unpaired) electrons. The highest BCUT2D eigenvalue weighted by Gasteiger charge is 2.57. The predicted octanol–water partition coefficient (Wildman–Crippen LogP) is 1.42. The van der Waals surface area contributed by atoms with Crippen molar-refractivity contribution in [3.8, 4) is 6.07 Å². The molecule has 0 aliphatic carbocycles. The molecule has 1 unspecified atom stereocenters. The minimum Gasteiger partial charge on any atom is -0.316 e. The molecule has 0 aliphatic heterocycles. The van der Waals surface area contributed by atoms with Gasteiger partial charge in [0.15, 0.2) is 0 Å². The average Bonchev–Trinajstić information content (AvgIpc) is 1.84. The Labute approximate surface area is 64.8 Å². The molecule has 0 spiro atoms. The largest absolute Gasteiger partial charge is 0.453 e. The molecule has 7 heteroatoms. The van der Waals surface area contributed by atoms with E-state index < -0.39 is 24.6 Å². The minimum absolute atomic E-state index is 1.09. The second-order valence-corrected chi connectivity index (χ2v) is 2.14. The lowest BCUT2D eigenvalue weighted by Gasteiger charge is -2.19. The molecular weight excluding hydrogens is 183 g/mol. The second-order valence-electron chi connectivity index (χ2n) is 2.14. The molecule has 0 aromatic carbocycles. The van der Waals surface area contributed by atoms with E-state index in [2.05, 4.69) is 5.73 Å². The molecule has 0 fully saturated rings. The Kier molecular flexibility index (Phi) is 2.98. The third-order valence-corrected chi connectivity index (χ3v) is 1.06. The van der Waals surface area contributed by atoms with Crippen LogP contribution in [0.15, 0.2) is 0 Å². The molecule has 0 aromatic heterocycles.